The number of amides is 1. The predicted molar refractivity (Wildman–Crippen MR) is 87.0 cm³/mol. The lowest BCUT2D eigenvalue weighted by Crippen LogP contribution is -2.31. The quantitative estimate of drug-likeness (QED) is 0.784. The summed E-state index contributed by atoms with van der Waals surface area (Å²) in [7, 11) is 0. The Morgan fingerprint density at radius 2 is 1.87 bits per heavy atom. The maximum Gasteiger partial charge on any atom is 0.261 e. The highest BCUT2D eigenvalue weighted by atomic mass is 19.2. The van der Waals surface area contributed by atoms with E-state index >= 15 is 0 Å². The summed E-state index contributed by atoms with van der Waals surface area (Å²) in [5, 5.41) is 0. The SMILES string of the molecule is CCC1CN(C(=O)c2cccc(F)c2F)c2c(C)ccc(C)c21. The molecular formula is C19H19F2NO. The van der Waals surface area contributed by atoms with Crippen LogP contribution in [0.4, 0.5) is 14.5 Å². The van der Waals surface area contributed by atoms with Crippen LogP contribution in [0.1, 0.15) is 46.3 Å². The number of carbonyl (C=O) groups excluding carboxylic acids is 1. The number of anilines is 1. The molecule has 0 N–H and O–H groups in total. The zero-order valence-corrected chi connectivity index (χ0v) is 13.5. The van der Waals surface area contributed by atoms with E-state index in [0.29, 0.717) is 6.54 Å². The van der Waals surface area contributed by atoms with Crippen LogP contribution in [0.25, 0.3) is 0 Å². The van der Waals surface area contributed by atoms with Crippen molar-refractivity contribution in [3.8, 4) is 0 Å². The molecule has 0 radical (unpaired) electrons. The van der Waals surface area contributed by atoms with Crippen molar-refractivity contribution >= 4 is 11.6 Å². The van der Waals surface area contributed by atoms with Gasteiger partial charge in [0.1, 0.15) is 0 Å². The van der Waals surface area contributed by atoms with E-state index in [1.165, 1.54) is 12.1 Å². The molecule has 1 unspecified atom stereocenters. The van der Waals surface area contributed by atoms with Gasteiger partial charge >= 0.3 is 0 Å². The molecular weight excluding hydrogens is 296 g/mol. The summed E-state index contributed by atoms with van der Waals surface area (Å²) >= 11 is 0. The summed E-state index contributed by atoms with van der Waals surface area (Å²) in [5.41, 5.74) is 3.90. The number of halogens is 2. The topological polar surface area (TPSA) is 20.3 Å². The third-order valence-electron chi connectivity index (χ3n) is 4.64. The monoisotopic (exact) mass is 315 g/mol. The Balaban J connectivity index is 2.11. The Morgan fingerprint density at radius 3 is 2.57 bits per heavy atom. The third kappa shape index (κ3) is 2.42. The minimum absolute atomic E-state index is 0.214. The van der Waals surface area contributed by atoms with Crippen LogP contribution >= 0.6 is 0 Å². The normalized spacial score (nSPS) is 16.6. The summed E-state index contributed by atoms with van der Waals surface area (Å²) in [4.78, 5) is 14.4. The first-order valence-corrected chi connectivity index (χ1v) is 7.81. The first kappa shape index (κ1) is 15.7. The summed E-state index contributed by atoms with van der Waals surface area (Å²) in [5.74, 6) is -2.33. The molecule has 1 aliphatic heterocycles. The van der Waals surface area contributed by atoms with Crippen LogP contribution in [0, 0.1) is 25.5 Å². The number of hydrogen-bond acceptors (Lipinski definition) is 1. The molecule has 4 heteroatoms. The van der Waals surface area contributed by atoms with Crippen LogP contribution in [0.15, 0.2) is 30.3 Å². The van der Waals surface area contributed by atoms with Gasteiger partial charge in [0.05, 0.1) is 11.3 Å². The van der Waals surface area contributed by atoms with Gasteiger partial charge in [-0.2, -0.15) is 0 Å². The van der Waals surface area contributed by atoms with Gasteiger partial charge in [0.2, 0.25) is 0 Å². The maximum atomic E-state index is 14.0. The van der Waals surface area contributed by atoms with Crippen LogP contribution in [-0.2, 0) is 0 Å². The second-order valence-electron chi connectivity index (χ2n) is 6.08. The summed E-state index contributed by atoms with van der Waals surface area (Å²) < 4.78 is 27.5. The second-order valence-corrected chi connectivity index (χ2v) is 6.08. The molecule has 1 atom stereocenters. The Morgan fingerprint density at radius 1 is 1.17 bits per heavy atom. The van der Waals surface area contributed by atoms with E-state index in [0.717, 1.165) is 34.9 Å². The van der Waals surface area contributed by atoms with Crippen LogP contribution < -0.4 is 4.90 Å². The zero-order chi connectivity index (χ0) is 16.7. The largest absolute Gasteiger partial charge is 0.307 e. The molecule has 0 saturated carbocycles. The zero-order valence-electron chi connectivity index (χ0n) is 13.5. The lowest BCUT2D eigenvalue weighted by atomic mass is 9.93. The average molecular weight is 315 g/mol. The van der Waals surface area contributed by atoms with Gasteiger partial charge in [0.15, 0.2) is 11.6 Å². The number of aryl methyl sites for hydroxylation is 2. The molecule has 1 amide bonds. The summed E-state index contributed by atoms with van der Waals surface area (Å²) in [6.07, 6.45) is 0.896. The van der Waals surface area contributed by atoms with Crippen molar-refractivity contribution < 1.29 is 13.6 Å². The fourth-order valence-corrected chi connectivity index (χ4v) is 3.43. The highest BCUT2D eigenvalue weighted by Gasteiger charge is 2.35. The van der Waals surface area contributed by atoms with Gasteiger partial charge in [-0.25, -0.2) is 8.78 Å². The predicted octanol–water partition coefficient (Wildman–Crippen LogP) is 4.74. The fourth-order valence-electron chi connectivity index (χ4n) is 3.43. The van der Waals surface area contributed by atoms with Gasteiger partial charge in [-0.1, -0.05) is 25.1 Å². The van der Waals surface area contributed by atoms with E-state index in [-0.39, 0.29) is 11.5 Å². The maximum absolute atomic E-state index is 14.0. The molecule has 120 valence electrons. The molecule has 2 aromatic rings. The highest BCUT2D eigenvalue weighted by Crippen LogP contribution is 2.43. The van der Waals surface area contributed by atoms with Crippen molar-refractivity contribution in [2.75, 3.05) is 11.4 Å². The number of carbonyl (C=O) groups is 1. The molecule has 0 aromatic heterocycles. The molecule has 0 bridgehead atoms. The van der Waals surface area contributed by atoms with Crippen molar-refractivity contribution in [1.82, 2.24) is 0 Å². The Hall–Kier alpha value is -2.23. The smallest absolute Gasteiger partial charge is 0.261 e. The minimum atomic E-state index is -1.08. The first-order chi connectivity index (χ1) is 11.0. The molecule has 1 heterocycles. The first-order valence-electron chi connectivity index (χ1n) is 7.81. The lowest BCUT2D eigenvalue weighted by Gasteiger charge is -2.20. The van der Waals surface area contributed by atoms with Crippen molar-refractivity contribution in [2.24, 2.45) is 0 Å². The fraction of sp³-hybridized carbons (Fsp3) is 0.316. The van der Waals surface area contributed by atoms with Crippen LogP contribution in [0.2, 0.25) is 0 Å². The number of benzene rings is 2. The molecule has 0 fully saturated rings. The second kappa shape index (κ2) is 5.76. The molecule has 3 rings (SSSR count). The third-order valence-corrected chi connectivity index (χ3v) is 4.64. The number of hydrogen-bond donors (Lipinski definition) is 0. The molecule has 23 heavy (non-hydrogen) atoms. The summed E-state index contributed by atoms with van der Waals surface area (Å²) in [6.45, 7) is 6.55. The van der Waals surface area contributed by atoms with Gasteiger partial charge in [-0.15, -0.1) is 0 Å². The van der Waals surface area contributed by atoms with Crippen LogP contribution in [0.5, 0.6) is 0 Å². The highest BCUT2D eigenvalue weighted by molar-refractivity contribution is 6.08. The van der Waals surface area contributed by atoms with Gasteiger partial charge in [-0.05, 0) is 49.1 Å². The van der Waals surface area contributed by atoms with Crippen molar-refractivity contribution in [2.45, 2.75) is 33.1 Å². The van der Waals surface area contributed by atoms with Crippen molar-refractivity contribution in [1.29, 1.82) is 0 Å². The number of rotatable bonds is 2. The van der Waals surface area contributed by atoms with Crippen LogP contribution in [0.3, 0.4) is 0 Å². The Bertz CT molecular complexity index is 785. The number of nitrogens with zero attached hydrogens (tertiary/aromatic N) is 1. The lowest BCUT2D eigenvalue weighted by molar-refractivity contribution is 0.0983. The molecule has 0 spiro atoms. The van der Waals surface area contributed by atoms with Crippen molar-refractivity contribution in [3.63, 3.8) is 0 Å². The molecule has 0 saturated heterocycles. The van der Waals surface area contributed by atoms with Gasteiger partial charge < -0.3 is 4.90 Å². The van der Waals surface area contributed by atoms with Gasteiger partial charge in [0, 0.05) is 12.5 Å². The van der Waals surface area contributed by atoms with Gasteiger partial charge in [-0.3, -0.25) is 4.79 Å². The van der Waals surface area contributed by atoms with E-state index in [4.69, 9.17) is 0 Å². The Kier molecular flexibility index (Phi) is 3.92. The molecule has 1 aliphatic rings. The van der Waals surface area contributed by atoms with Crippen molar-refractivity contribution in [3.05, 3.63) is 64.2 Å². The van der Waals surface area contributed by atoms with E-state index in [1.54, 1.807) is 4.90 Å². The standard InChI is InChI=1S/C19H19F2NO/c1-4-13-10-22(18-12(3)9-8-11(2)16(13)18)19(23)14-6-5-7-15(20)17(14)21/h5-9,13H,4,10H2,1-3H3. The minimum Gasteiger partial charge on any atom is -0.307 e. The number of fused-ring (bicyclic) bond motifs is 1. The summed E-state index contributed by atoms with van der Waals surface area (Å²) in [6, 6.07) is 7.74. The van der Waals surface area contributed by atoms with E-state index < -0.39 is 17.5 Å². The van der Waals surface area contributed by atoms with E-state index in [1.807, 2.05) is 26.0 Å². The van der Waals surface area contributed by atoms with E-state index in [9.17, 15) is 13.6 Å². The molecule has 0 aliphatic carbocycles. The van der Waals surface area contributed by atoms with Gasteiger partial charge in [0.25, 0.3) is 5.91 Å². The van der Waals surface area contributed by atoms with E-state index in [2.05, 4.69) is 6.92 Å². The Labute approximate surface area is 134 Å². The molecule has 2 aromatic carbocycles. The average Bonchev–Trinajstić information content (AvgIpc) is 2.94. The van der Waals surface area contributed by atoms with Crippen LogP contribution in [-0.4, -0.2) is 12.5 Å². The molecule has 2 nitrogen and oxygen atoms in total.